The van der Waals surface area contributed by atoms with Crippen LogP contribution in [0, 0.1) is 0 Å². The highest BCUT2D eigenvalue weighted by atomic mass is 35.5. The fraction of sp³-hybridized carbons (Fsp3) is 0.169. The third kappa shape index (κ3) is 25.4. The Bertz CT molecular complexity index is 5810. The number of morpholine rings is 1. The lowest BCUT2D eigenvalue weighted by atomic mass is 10.1. The number of H-pyrrole nitrogens is 1. The number of pyridine rings is 7. The summed E-state index contributed by atoms with van der Waals surface area (Å²) in [5.41, 5.74) is 11.1. The first-order valence-corrected chi connectivity index (χ1v) is 41.6. The van der Waals surface area contributed by atoms with Crippen molar-refractivity contribution >= 4 is 126 Å². The zero-order chi connectivity index (χ0) is 85.6. The van der Waals surface area contributed by atoms with E-state index in [4.69, 9.17) is 56.2 Å². The van der Waals surface area contributed by atoms with E-state index in [1.807, 2.05) is 71.6 Å². The van der Waals surface area contributed by atoms with E-state index in [-0.39, 0.29) is 53.5 Å². The molecule has 9 N–H and O–H groups in total. The summed E-state index contributed by atoms with van der Waals surface area (Å²) in [5.74, 6) is 0.248. The number of halogens is 4. The van der Waals surface area contributed by atoms with Crippen LogP contribution in [-0.4, -0.2) is 169 Å². The number of aromatic amines is 1. The van der Waals surface area contributed by atoms with Gasteiger partial charge in [0.1, 0.15) is 17.3 Å². The molecule has 0 bridgehead atoms. The van der Waals surface area contributed by atoms with Crippen molar-refractivity contribution < 1.29 is 47.0 Å². The van der Waals surface area contributed by atoms with Gasteiger partial charge in [-0.2, -0.15) is 0 Å². The van der Waals surface area contributed by atoms with Crippen LogP contribution in [0.1, 0.15) is 83.3 Å². The van der Waals surface area contributed by atoms with Crippen molar-refractivity contribution in [1.82, 2.24) is 59.4 Å². The quantitative estimate of drug-likeness (QED) is 0.0216. The Hall–Kier alpha value is -13.2. The van der Waals surface area contributed by atoms with E-state index in [0.29, 0.717) is 152 Å². The van der Waals surface area contributed by atoms with Gasteiger partial charge in [0.05, 0.1) is 84.0 Å². The molecule has 0 saturated carbocycles. The molecule has 622 valence electrons. The second-order valence-electron chi connectivity index (χ2n) is 27.2. The lowest BCUT2D eigenvalue weighted by molar-refractivity contribution is -0.127. The number of hydrogen-bond donors (Lipinski definition) is 9. The Balaban J connectivity index is 0.000000149. The van der Waals surface area contributed by atoms with Crippen LogP contribution in [0.3, 0.4) is 0 Å². The highest BCUT2D eigenvalue weighted by molar-refractivity contribution is 7.89. The molecule has 2 fully saturated rings. The number of ether oxygens (including phenoxy) is 1. The monoisotopic (exact) mass is 1730 g/mol. The molecule has 10 heterocycles. The first kappa shape index (κ1) is 88.1. The van der Waals surface area contributed by atoms with Crippen LogP contribution in [0.5, 0.6) is 0 Å². The Morgan fingerprint density at radius 1 is 0.459 bits per heavy atom. The van der Waals surface area contributed by atoms with E-state index < -0.39 is 10.0 Å². The number of nitrogens with zero attached hydrogens (tertiary/aromatic N) is 10. The third-order valence-electron chi connectivity index (χ3n) is 18.6. The second-order valence-corrected chi connectivity index (χ2v) is 30.6. The molecule has 0 atom stereocenters. The number of nitrogens with one attached hydrogen (secondary N) is 8. The van der Waals surface area contributed by atoms with E-state index >= 15 is 0 Å². The molecule has 2 aliphatic heterocycles. The van der Waals surface area contributed by atoms with Gasteiger partial charge in [-0.25, -0.2) is 28.1 Å². The minimum absolute atomic E-state index is 0.0425. The molecule has 13 aromatic rings. The number of imidazole rings is 1. The van der Waals surface area contributed by atoms with E-state index in [2.05, 4.69) is 81.5 Å². The number of carbonyl (C=O) groups excluding carboxylic acids is 6. The number of amides is 6. The van der Waals surface area contributed by atoms with Gasteiger partial charge >= 0.3 is 0 Å². The first-order valence-electron chi connectivity index (χ1n) is 38.6. The SMILES string of the molecule is O=C(Nc1ccc(Cl)c(-c2ccccn2)c1)c1ccc(C(=O)N2CCOCC2)nc1.O=C(Nc1ccc(Cl)c(-c2ccccn2)c1)c1ccc(NCCCN2CCCC2=O)nc1.O=C(Nc1ccc(Cl)c(-c2ccccn2)c1)c1ccc(NCCc2cnc[nH]2)nc1.O=C(Nc1ccc(Cl)c(-c2ccccn2)c1)c1ccc(S(=O)(=O)NCCCO)cc1. The van der Waals surface area contributed by atoms with E-state index in [0.717, 1.165) is 66.1 Å². The van der Waals surface area contributed by atoms with Gasteiger partial charge in [0, 0.05) is 171 Å². The molecule has 0 spiro atoms. The second kappa shape index (κ2) is 44.2. The molecule has 0 aliphatic carbocycles. The molecule has 2 aliphatic rings. The summed E-state index contributed by atoms with van der Waals surface area (Å²) in [4.78, 5) is 115. The maximum atomic E-state index is 12.6. The van der Waals surface area contributed by atoms with Crippen LogP contribution in [0.4, 0.5) is 34.4 Å². The number of aliphatic hydroxyl groups excluding tert-OH is 1. The molecule has 2 saturated heterocycles. The number of benzene rings is 5. The number of likely N-dealkylation sites (tertiary alicyclic amines) is 1. The van der Waals surface area contributed by atoms with Crippen molar-refractivity contribution in [3.05, 3.63) is 316 Å². The molecule has 122 heavy (non-hydrogen) atoms. The van der Waals surface area contributed by atoms with Crippen molar-refractivity contribution in [3.8, 4) is 45.0 Å². The van der Waals surface area contributed by atoms with Crippen molar-refractivity contribution in [2.45, 2.75) is 37.0 Å². The van der Waals surface area contributed by atoms with Gasteiger partial charge < -0.3 is 56.5 Å². The predicted molar refractivity (Wildman–Crippen MR) is 473 cm³/mol. The van der Waals surface area contributed by atoms with Gasteiger partial charge in [-0.3, -0.25) is 53.7 Å². The Labute approximate surface area is 723 Å². The summed E-state index contributed by atoms with van der Waals surface area (Å²) in [7, 11) is -3.69. The van der Waals surface area contributed by atoms with Crippen LogP contribution in [0.25, 0.3) is 45.0 Å². The Morgan fingerprint density at radius 2 is 0.885 bits per heavy atom. The maximum Gasteiger partial charge on any atom is 0.272 e. The molecule has 33 heteroatoms. The minimum atomic E-state index is -3.69. The standard InChI is InChI=1S/C24H24ClN5O2.C22H19ClN6O.C22H19ClN4O3.C21H20ClN3O4S/c25-20-9-8-18(15-19(20)21-5-1-2-11-26-21)29-24(32)17-7-10-22(28-16-17)27-12-4-14-30-13-3-6-23(30)31;23-19-6-5-16(11-18(19)20-3-1-2-9-25-20)29-22(30)15-4-7-21(27-12-15)26-10-8-17-13-24-14-28-17;23-18-6-5-16(13-17(18)19-3-1-2-8-24-19)26-21(28)15-4-7-20(25-14-15)22(29)27-9-11-30-12-10-27;22-19-10-7-16(14-18(19)20-4-1-2-11-23-20)25-21(27)15-5-8-17(9-6-15)30(28,29)24-12-3-13-26/h1-2,5,7-11,15-16H,3-4,6,12-14H2,(H,27,28)(H,29,32);1-7,9,11-14H,8,10H2,(H,24,28)(H,26,27)(H,29,30);1-8,13-14H,9-12H2,(H,26,28);1-2,4-11,14,24,26H,3,12-13H2,(H,25,27). The van der Waals surface area contributed by atoms with Crippen molar-refractivity contribution in [2.75, 3.05) is 97.5 Å². The smallest absolute Gasteiger partial charge is 0.272 e. The Morgan fingerprint density at radius 3 is 1.26 bits per heavy atom. The van der Waals surface area contributed by atoms with Crippen LogP contribution >= 0.6 is 46.4 Å². The van der Waals surface area contributed by atoms with E-state index in [9.17, 15) is 37.2 Å². The van der Waals surface area contributed by atoms with Crippen molar-refractivity contribution in [3.63, 3.8) is 0 Å². The van der Waals surface area contributed by atoms with Crippen LogP contribution in [0.2, 0.25) is 20.1 Å². The zero-order valence-electron chi connectivity index (χ0n) is 65.4. The number of anilines is 6. The molecule has 0 radical (unpaired) electrons. The minimum Gasteiger partial charge on any atom is -0.396 e. The molecule has 6 amide bonds. The fourth-order valence-electron chi connectivity index (χ4n) is 12.3. The Kier molecular flexibility index (Phi) is 31.9. The highest BCUT2D eigenvalue weighted by Gasteiger charge is 2.23. The van der Waals surface area contributed by atoms with Gasteiger partial charge in [-0.1, -0.05) is 70.7 Å². The van der Waals surface area contributed by atoms with Gasteiger partial charge in [0.15, 0.2) is 0 Å². The largest absolute Gasteiger partial charge is 0.396 e. The molecule has 28 nitrogen and oxygen atoms in total. The average molecular weight is 1740 g/mol. The molecule has 8 aromatic heterocycles. The number of aliphatic hydroxyl groups is 1. The van der Waals surface area contributed by atoms with Gasteiger partial charge in [-0.05, 0) is 201 Å². The summed E-state index contributed by atoms with van der Waals surface area (Å²) in [6.45, 7) is 5.19. The fourth-order valence-corrected chi connectivity index (χ4v) is 14.2. The van der Waals surface area contributed by atoms with Gasteiger partial charge in [0.25, 0.3) is 29.5 Å². The van der Waals surface area contributed by atoms with Crippen molar-refractivity contribution in [2.24, 2.45) is 0 Å². The normalized spacial score (nSPS) is 12.2. The molecular formula is C89H82Cl4N18O10S. The molecular weight excluding hydrogens is 1650 g/mol. The topological polar surface area (TPSA) is 376 Å². The average Bonchev–Trinajstić information content (AvgIpc) is 1.05. The number of sulfonamides is 1. The summed E-state index contributed by atoms with van der Waals surface area (Å²) < 4.78 is 32.0. The lowest BCUT2D eigenvalue weighted by Gasteiger charge is -2.26. The van der Waals surface area contributed by atoms with E-state index in [1.165, 1.54) is 36.7 Å². The number of hydrogen-bond acceptors (Lipinski definition) is 20. The summed E-state index contributed by atoms with van der Waals surface area (Å²) >= 11 is 25.2. The molecule has 5 aromatic carbocycles. The summed E-state index contributed by atoms with van der Waals surface area (Å²) in [6, 6.07) is 58.8. The lowest BCUT2D eigenvalue weighted by Crippen LogP contribution is -2.41. The third-order valence-corrected chi connectivity index (χ3v) is 21.4. The molecule has 15 rings (SSSR count). The van der Waals surface area contributed by atoms with Crippen LogP contribution in [-0.2, 0) is 26.0 Å². The summed E-state index contributed by atoms with van der Waals surface area (Å²) in [5, 5.41) is 28.8. The first-order chi connectivity index (χ1) is 59.3. The van der Waals surface area contributed by atoms with Gasteiger partial charge in [-0.15, -0.1) is 0 Å². The van der Waals surface area contributed by atoms with Crippen LogP contribution < -0.4 is 36.6 Å². The van der Waals surface area contributed by atoms with Crippen LogP contribution in [0.15, 0.2) is 267 Å². The van der Waals surface area contributed by atoms with Gasteiger partial charge in [0.2, 0.25) is 15.9 Å². The predicted octanol–water partition coefficient (Wildman–Crippen LogP) is 15.7. The number of carbonyl (C=O) groups is 6. The number of aromatic nitrogens is 9. The maximum absolute atomic E-state index is 12.6. The molecule has 0 unspecified atom stereocenters. The summed E-state index contributed by atoms with van der Waals surface area (Å²) in [6.07, 6.45) is 18.3. The number of rotatable bonds is 27. The van der Waals surface area contributed by atoms with E-state index in [1.54, 1.807) is 164 Å². The highest BCUT2D eigenvalue weighted by Crippen LogP contribution is 2.34. The zero-order valence-corrected chi connectivity index (χ0v) is 69.3. The van der Waals surface area contributed by atoms with Crippen molar-refractivity contribution in [1.29, 1.82) is 0 Å².